The topological polar surface area (TPSA) is 34.1 Å². The van der Waals surface area contributed by atoms with E-state index in [1.54, 1.807) is 12.1 Å². The molecular weight excluding hydrogens is 212 g/mol. The maximum Gasteiger partial charge on any atom is 0.190 e. The predicted octanol–water partition coefficient (Wildman–Crippen LogP) is 2.57. The number of hydrogen-bond donors (Lipinski definition) is 0. The molecule has 2 nitrogen and oxygen atoms in total. The third kappa shape index (κ3) is 0.960. The van der Waals surface area contributed by atoms with Gasteiger partial charge < -0.3 is 0 Å². The van der Waals surface area contributed by atoms with Crippen LogP contribution < -0.4 is 0 Å². The first-order valence-corrected chi connectivity index (χ1v) is 5.88. The maximum absolute atomic E-state index is 12.4. The van der Waals surface area contributed by atoms with E-state index >= 15 is 0 Å². The molecular formula is C15H10O2. The fraction of sp³-hybridized carbons (Fsp3) is 0.200. The molecule has 82 valence electrons. The van der Waals surface area contributed by atoms with Crippen LogP contribution in [0.25, 0.3) is 0 Å². The number of carbonyl (C=O) groups is 2. The Bertz CT molecular complexity index is 581. The number of ketones is 2. The molecule has 2 heteroatoms. The van der Waals surface area contributed by atoms with Crippen molar-refractivity contribution in [3.63, 3.8) is 0 Å². The lowest BCUT2D eigenvalue weighted by molar-refractivity contribution is 0.0969. The van der Waals surface area contributed by atoms with Gasteiger partial charge in [0.25, 0.3) is 0 Å². The number of benzene rings is 1. The van der Waals surface area contributed by atoms with E-state index in [0.717, 1.165) is 17.6 Å². The molecule has 4 rings (SSSR count). The monoisotopic (exact) mass is 222 g/mol. The van der Waals surface area contributed by atoms with Crippen LogP contribution in [0.2, 0.25) is 0 Å². The molecule has 2 bridgehead atoms. The summed E-state index contributed by atoms with van der Waals surface area (Å²) >= 11 is 0. The second-order valence-corrected chi connectivity index (χ2v) is 4.86. The Morgan fingerprint density at radius 1 is 0.824 bits per heavy atom. The van der Waals surface area contributed by atoms with Crippen molar-refractivity contribution in [3.05, 3.63) is 58.7 Å². The Kier molecular flexibility index (Phi) is 1.52. The minimum Gasteiger partial charge on any atom is -0.289 e. The van der Waals surface area contributed by atoms with E-state index in [0.29, 0.717) is 11.1 Å². The number of hydrogen-bond acceptors (Lipinski definition) is 2. The van der Waals surface area contributed by atoms with E-state index in [2.05, 4.69) is 12.2 Å². The summed E-state index contributed by atoms with van der Waals surface area (Å²) < 4.78 is 0. The Balaban J connectivity index is 2.00. The van der Waals surface area contributed by atoms with Crippen LogP contribution in [-0.4, -0.2) is 11.6 Å². The Hall–Kier alpha value is -1.96. The van der Waals surface area contributed by atoms with E-state index in [4.69, 9.17) is 0 Å². The lowest BCUT2D eigenvalue weighted by atomic mass is 9.80. The summed E-state index contributed by atoms with van der Waals surface area (Å²) in [4.78, 5) is 24.8. The molecule has 3 aliphatic carbocycles. The molecule has 0 fully saturated rings. The van der Waals surface area contributed by atoms with Gasteiger partial charge in [0.2, 0.25) is 0 Å². The van der Waals surface area contributed by atoms with Crippen LogP contribution in [0.5, 0.6) is 0 Å². The van der Waals surface area contributed by atoms with Gasteiger partial charge >= 0.3 is 0 Å². The molecule has 1 aromatic carbocycles. The molecule has 0 amide bonds. The van der Waals surface area contributed by atoms with Gasteiger partial charge in [-0.3, -0.25) is 9.59 Å². The molecule has 0 aromatic heterocycles. The standard InChI is InChI=1S/C15H10O2/c16-14-10-3-1-2-4-11(10)15(17)13-9-6-5-8(7-9)12(13)14/h1-6,8-9H,7H2/t8-,9-/m1/s1. The van der Waals surface area contributed by atoms with Crippen LogP contribution in [0, 0.1) is 11.8 Å². The number of allylic oxidation sites excluding steroid dienone is 4. The number of rotatable bonds is 0. The summed E-state index contributed by atoms with van der Waals surface area (Å²) in [6.07, 6.45) is 5.06. The second-order valence-electron chi connectivity index (χ2n) is 4.86. The van der Waals surface area contributed by atoms with Gasteiger partial charge in [-0.1, -0.05) is 36.4 Å². The van der Waals surface area contributed by atoms with Crippen LogP contribution in [0.15, 0.2) is 47.6 Å². The molecule has 2 atom stereocenters. The highest BCUT2D eigenvalue weighted by atomic mass is 16.1. The van der Waals surface area contributed by atoms with Crippen molar-refractivity contribution < 1.29 is 9.59 Å². The summed E-state index contributed by atoms with van der Waals surface area (Å²) in [5, 5.41) is 0. The van der Waals surface area contributed by atoms with Crippen LogP contribution in [0.3, 0.4) is 0 Å². The SMILES string of the molecule is O=C1C2=C(C(=O)c3ccccc31)[C@@H]1C=C[C@@H]2C1. The lowest BCUT2D eigenvalue weighted by Gasteiger charge is -2.21. The van der Waals surface area contributed by atoms with Crippen LogP contribution in [0.1, 0.15) is 27.1 Å². The Labute approximate surface area is 98.6 Å². The van der Waals surface area contributed by atoms with E-state index < -0.39 is 0 Å². The highest BCUT2D eigenvalue weighted by Crippen LogP contribution is 2.48. The van der Waals surface area contributed by atoms with Crippen molar-refractivity contribution in [3.8, 4) is 0 Å². The molecule has 3 aliphatic rings. The first-order chi connectivity index (χ1) is 8.27. The number of carbonyl (C=O) groups excluding carboxylic acids is 2. The zero-order valence-corrected chi connectivity index (χ0v) is 9.14. The third-order valence-corrected chi connectivity index (χ3v) is 4.02. The largest absolute Gasteiger partial charge is 0.289 e. The van der Waals surface area contributed by atoms with Crippen molar-refractivity contribution in [2.24, 2.45) is 11.8 Å². The highest BCUT2D eigenvalue weighted by Gasteiger charge is 2.45. The van der Waals surface area contributed by atoms with Crippen molar-refractivity contribution in [1.29, 1.82) is 0 Å². The van der Waals surface area contributed by atoms with E-state index in [9.17, 15) is 9.59 Å². The van der Waals surface area contributed by atoms with Crippen LogP contribution in [-0.2, 0) is 0 Å². The van der Waals surface area contributed by atoms with Crippen molar-refractivity contribution in [1.82, 2.24) is 0 Å². The Morgan fingerprint density at radius 3 is 1.76 bits per heavy atom. The quantitative estimate of drug-likeness (QED) is 0.632. The summed E-state index contributed by atoms with van der Waals surface area (Å²) in [7, 11) is 0. The van der Waals surface area contributed by atoms with Gasteiger partial charge in [0.05, 0.1) is 0 Å². The summed E-state index contributed by atoms with van der Waals surface area (Å²) in [5.41, 5.74) is 2.69. The lowest BCUT2D eigenvalue weighted by Crippen LogP contribution is -2.24. The van der Waals surface area contributed by atoms with Crippen molar-refractivity contribution in [2.75, 3.05) is 0 Å². The van der Waals surface area contributed by atoms with Crippen LogP contribution >= 0.6 is 0 Å². The predicted molar refractivity (Wildman–Crippen MR) is 62.9 cm³/mol. The van der Waals surface area contributed by atoms with Gasteiger partial charge in [0.1, 0.15) is 0 Å². The molecule has 0 spiro atoms. The molecule has 0 aliphatic heterocycles. The first-order valence-electron chi connectivity index (χ1n) is 5.88. The zero-order chi connectivity index (χ0) is 11.6. The van der Waals surface area contributed by atoms with E-state index in [-0.39, 0.29) is 23.4 Å². The molecule has 0 saturated heterocycles. The summed E-state index contributed by atoms with van der Waals surface area (Å²) in [6, 6.07) is 7.15. The van der Waals surface area contributed by atoms with E-state index in [1.807, 2.05) is 12.1 Å². The van der Waals surface area contributed by atoms with E-state index in [1.165, 1.54) is 0 Å². The smallest absolute Gasteiger partial charge is 0.190 e. The van der Waals surface area contributed by atoms with Gasteiger partial charge in [0.15, 0.2) is 11.6 Å². The minimum absolute atomic E-state index is 0.0621. The summed E-state index contributed by atoms with van der Waals surface area (Å²) in [6.45, 7) is 0. The van der Waals surface area contributed by atoms with Gasteiger partial charge in [0, 0.05) is 34.1 Å². The summed E-state index contributed by atoms with van der Waals surface area (Å²) in [5.74, 6) is 0.485. The molecule has 0 saturated carbocycles. The fourth-order valence-corrected chi connectivity index (χ4v) is 3.28. The number of fused-ring (bicyclic) bond motifs is 5. The van der Waals surface area contributed by atoms with Crippen LogP contribution in [0.4, 0.5) is 0 Å². The number of Topliss-reactive ketones (excluding diaryl/α,β-unsaturated/α-hetero) is 2. The average molecular weight is 222 g/mol. The maximum atomic E-state index is 12.4. The van der Waals surface area contributed by atoms with Gasteiger partial charge in [-0.05, 0) is 6.42 Å². The fourth-order valence-electron chi connectivity index (χ4n) is 3.28. The first kappa shape index (κ1) is 9.11. The highest BCUT2D eigenvalue weighted by molar-refractivity contribution is 6.28. The minimum atomic E-state index is 0.0621. The van der Waals surface area contributed by atoms with Gasteiger partial charge in [-0.15, -0.1) is 0 Å². The molecule has 0 heterocycles. The van der Waals surface area contributed by atoms with Crippen molar-refractivity contribution in [2.45, 2.75) is 6.42 Å². The molecule has 0 N–H and O–H groups in total. The Morgan fingerprint density at radius 2 is 1.29 bits per heavy atom. The second kappa shape index (κ2) is 2.83. The third-order valence-electron chi connectivity index (χ3n) is 4.02. The average Bonchev–Trinajstić information content (AvgIpc) is 2.96. The normalized spacial score (nSPS) is 28.7. The zero-order valence-electron chi connectivity index (χ0n) is 9.14. The molecule has 0 radical (unpaired) electrons. The van der Waals surface area contributed by atoms with Crippen molar-refractivity contribution >= 4 is 11.6 Å². The molecule has 1 aromatic rings. The van der Waals surface area contributed by atoms with Gasteiger partial charge in [-0.2, -0.15) is 0 Å². The molecule has 17 heavy (non-hydrogen) atoms. The molecule has 0 unspecified atom stereocenters. The van der Waals surface area contributed by atoms with Gasteiger partial charge in [-0.25, -0.2) is 0 Å².